The Balaban J connectivity index is 1.99. The second-order valence-corrected chi connectivity index (χ2v) is 6.30. The van der Waals surface area contributed by atoms with Crippen molar-refractivity contribution < 1.29 is 19.7 Å². The molecule has 0 aromatic carbocycles. The molecule has 1 saturated heterocycles. The number of allylic oxidation sites excluding steroid dienone is 2. The van der Waals surface area contributed by atoms with Gasteiger partial charge in [0.2, 0.25) is 0 Å². The number of aliphatic hydroxyl groups excluding tert-OH is 2. The molecule has 0 amide bonds. The zero-order chi connectivity index (χ0) is 15.8. The summed E-state index contributed by atoms with van der Waals surface area (Å²) >= 11 is 0. The lowest BCUT2D eigenvalue weighted by molar-refractivity contribution is -0.153. The first-order chi connectivity index (χ1) is 10.5. The molecule has 2 atom stereocenters. The van der Waals surface area contributed by atoms with Gasteiger partial charge in [-0.3, -0.25) is 0 Å². The van der Waals surface area contributed by atoms with Gasteiger partial charge in [0.05, 0.1) is 13.2 Å². The predicted molar refractivity (Wildman–Crippen MR) is 82.8 cm³/mol. The van der Waals surface area contributed by atoms with Gasteiger partial charge in [0, 0.05) is 11.1 Å². The molecular formula is C18H22O4. The Hall–Kier alpha value is -1.38. The smallest absolute Gasteiger partial charge is 0.165 e. The van der Waals surface area contributed by atoms with Gasteiger partial charge in [-0.15, -0.1) is 0 Å². The van der Waals surface area contributed by atoms with Crippen molar-refractivity contribution in [2.75, 3.05) is 13.2 Å². The van der Waals surface area contributed by atoms with Gasteiger partial charge < -0.3 is 19.7 Å². The minimum atomic E-state index is -0.617. The molecule has 2 aliphatic carbocycles. The first-order valence-electron chi connectivity index (χ1n) is 7.74. The maximum absolute atomic E-state index is 9.70. The molecule has 3 rings (SSSR count). The molecule has 4 heteroatoms. The van der Waals surface area contributed by atoms with Gasteiger partial charge in [-0.2, -0.15) is 0 Å². The van der Waals surface area contributed by atoms with Crippen molar-refractivity contribution in [2.24, 2.45) is 0 Å². The minimum Gasteiger partial charge on any atom is -0.392 e. The van der Waals surface area contributed by atoms with Crippen molar-refractivity contribution in [3.05, 3.63) is 34.9 Å². The molecule has 2 N–H and O–H groups in total. The highest BCUT2D eigenvalue weighted by Crippen LogP contribution is 2.60. The van der Waals surface area contributed by atoms with Crippen molar-refractivity contribution in [1.82, 2.24) is 0 Å². The molecular weight excluding hydrogens is 280 g/mol. The topological polar surface area (TPSA) is 58.9 Å². The lowest BCUT2D eigenvalue weighted by Gasteiger charge is -2.49. The van der Waals surface area contributed by atoms with Crippen LogP contribution < -0.4 is 0 Å². The van der Waals surface area contributed by atoms with Crippen LogP contribution in [-0.2, 0) is 9.47 Å². The molecule has 3 aliphatic rings. The molecule has 0 unspecified atom stereocenters. The SMILES string of the molecule is CC1(C)O[C@H]2/C(=C(\C#C/C=C/CO)CO)C3=CCCC[C@@]32O1. The predicted octanol–water partition coefficient (Wildman–Crippen LogP) is 1.84. The van der Waals surface area contributed by atoms with Gasteiger partial charge in [0.1, 0.15) is 11.7 Å². The maximum atomic E-state index is 9.70. The van der Waals surface area contributed by atoms with Crippen LogP contribution in [0, 0.1) is 11.8 Å². The highest BCUT2D eigenvalue weighted by molar-refractivity contribution is 5.62. The zero-order valence-electron chi connectivity index (χ0n) is 13.1. The van der Waals surface area contributed by atoms with E-state index in [-0.39, 0.29) is 24.9 Å². The number of aliphatic hydroxyl groups is 2. The summed E-state index contributed by atoms with van der Waals surface area (Å²) < 4.78 is 12.3. The highest BCUT2D eigenvalue weighted by atomic mass is 16.8. The van der Waals surface area contributed by atoms with Crippen molar-refractivity contribution >= 4 is 0 Å². The first kappa shape index (κ1) is 15.5. The Morgan fingerprint density at radius 2 is 2.27 bits per heavy atom. The normalized spacial score (nSPS) is 34.2. The Morgan fingerprint density at radius 3 is 3.00 bits per heavy atom. The molecule has 2 fully saturated rings. The molecule has 1 saturated carbocycles. The van der Waals surface area contributed by atoms with E-state index < -0.39 is 5.79 Å². The fraction of sp³-hybridized carbons (Fsp3) is 0.556. The summed E-state index contributed by atoms with van der Waals surface area (Å²) in [5.74, 6) is 5.21. The van der Waals surface area contributed by atoms with E-state index in [0.29, 0.717) is 5.57 Å². The van der Waals surface area contributed by atoms with Gasteiger partial charge in [0.25, 0.3) is 0 Å². The highest BCUT2D eigenvalue weighted by Gasteiger charge is 2.66. The minimum absolute atomic E-state index is 0.0399. The lowest BCUT2D eigenvalue weighted by Crippen LogP contribution is -2.55. The fourth-order valence-corrected chi connectivity index (χ4v) is 3.64. The molecule has 4 nitrogen and oxygen atoms in total. The third kappa shape index (κ3) is 2.35. The number of hydrogen-bond acceptors (Lipinski definition) is 4. The van der Waals surface area contributed by atoms with Crippen LogP contribution in [0.15, 0.2) is 34.9 Å². The molecule has 0 aromatic heterocycles. The van der Waals surface area contributed by atoms with E-state index >= 15 is 0 Å². The number of hydrogen-bond donors (Lipinski definition) is 2. The number of ether oxygens (including phenoxy) is 2. The quantitative estimate of drug-likeness (QED) is 0.764. The van der Waals surface area contributed by atoms with Crippen LogP contribution in [-0.4, -0.2) is 40.9 Å². The Kier molecular flexibility index (Phi) is 4.00. The van der Waals surface area contributed by atoms with E-state index in [1.54, 1.807) is 12.2 Å². The average molecular weight is 302 g/mol. The van der Waals surface area contributed by atoms with Crippen LogP contribution in [0.1, 0.15) is 33.1 Å². The van der Waals surface area contributed by atoms with Crippen LogP contribution in [0.2, 0.25) is 0 Å². The molecule has 1 aliphatic heterocycles. The van der Waals surface area contributed by atoms with Crippen LogP contribution in [0.4, 0.5) is 0 Å². The average Bonchev–Trinajstić information content (AvgIpc) is 2.69. The van der Waals surface area contributed by atoms with Crippen molar-refractivity contribution in [3.63, 3.8) is 0 Å². The Labute approximate surface area is 131 Å². The van der Waals surface area contributed by atoms with Gasteiger partial charge >= 0.3 is 0 Å². The summed E-state index contributed by atoms with van der Waals surface area (Å²) in [7, 11) is 0. The largest absolute Gasteiger partial charge is 0.392 e. The van der Waals surface area contributed by atoms with Crippen LogP contribution in [0.25, 0.3) is 0 Å². The van der Waals surface area contributed by atoms with Crippen LogP contribution in [0.5, 0.6) is 0 Å². The van der Waals surface area contributed by atoms with E-state index in [4.69, 9.17) is 14.6 Å². The van der Waals surface area contributed by atoms with E-state index in [2.05, 4.69) is 17.9 Å². The third-order valence-electron chi connectivity index (χ3n) is 4.38. The fourth-order valence-electron chi connectivity index (χ4n) is 3.64. The summed E-state index contributed by atoms with van der Waals surface area (Å²) in [6, 6.07) is 0. The molecule has 1 heterocycles. The van der Waals surface area contributed by atoms with E-state index in [1.807, 2.05) is 13.8 Å². The summed E-state index contributed by atoms with van der Waals surface area (Å²) in [6.07, 6.45) is 8.27. The summed E-state index contributed by atoms with van der Waals surface area (Å²) in [4.78, 5) is 0. The molecule has 0 aromatic rings. The van der Waals surface area contributed by atoms with Crippen molar-refractivity contribution in [3.8, 4) is 11.8 Å². The number of rotatable bonds is 2. The monoisotopic (exact) mass is 302 g/mol. The van der Waals surface area contributed by atoms with Gasteiger partial charge in [-0.05, 0) is 44.8 Å². The third-order valence-corrected chi connectivity index (χ3v) is 4.38. The Morgan fingerprint density at radius 1 is 1.45 bits per heavy atom. The second kappa shape index (κ2) is 5.68. The van der Waals surface area contributed by atoms with Gasteiger partial charge in [0.15, 0.2) is 5.79 Å². The first-order valence-corrected chi connectivity index (χ1v) is 7.74. The van der Waals surface area contributed by atoms with Gasteiger partial charge in [-0.1, -0.05) is 24.0 Å². The van der Waals surface area contributed by atoms with Crippen LogP contribution in [0.3, 0.4) is 0 Å². The van der Waals surface area contributed by atoms with Crippen molar-refractivity contribution in [2.45, 2.75) is 50.6 Å². The second-order valence-electron chi connectivity index (χ2n) is 6.30. The van der Waals surface area contributed by atoms with Crippen molar-refractivity contribution in [1.29, 1.82) is 0 Å². The summed E-state index contributed by atoms with van der Waals surface area (Å²) in [5, 5.41) is 18.4. The molecule has 0 bridgehead atoms. The molecule has 1 spiro atoms. The summed E-state index contributed by atoms with van der Waals surface area (Å²) in [5.41, 5.74) is 2.45. The van der Waals surface area contributed by atoms with E-state index in [0.717, 1.165) is 30.4 Å². The zero-order valence-corrected chi connectivity index (χ0v) is 13.1. The molecule has 22 heavy (non-hydrogen) atoms. The summed E-state index contributed by atoms with van der Waals surface area (Å²) in [6.45, 7) is 3.70. The standard InChI is InChI=1S/C18H22O4/c1-17(2)21-16-15(13(12-20)8-4-3-7-11-19)14-9-5-6-10-18(14,16)22-17/h3,7,9,16,19-20H,5-6,10-12H2,1-2H3/b7-3+,15-13+/t16-,18+/m0/s1. The molecule has 0 radical (unpaired) electrons. The van der Waals surface area contributed by atoms with E-state index in [1.165, 1.54) is 0 Å². The Bertz CT molecular complexity index is 615. The van der Waals surface area contributed by atoms with Gasteiger partial charge in [-0.25, -0.2) is 0 Å². The van der Waals surface area contributed by atoms with E-state index in [9.17, 15) is 5.11 Å². The maximum Gasteiger partial charge on any atom is 0.165 e. The van der Waals surface area contributed by atoms with Crippen LogP contribution >= 0.6 is 0 Å². The molecule has 118 valence electrons. The lowest BCUT2D eigenvalue weighted by atomic mass is 9.61.